The summed E-state index contributed by atoms with van der Waals surface area (Å²) in [6, 6.07) is 18.6. The van der Waals surface area contributed by atoms with E-state index in [9.17, 15) is 4.79 Å². The van der Waals surface area contributed by atoms with Crippen molar-refractivity contribution in [1.29, 1.82) is 0 Å². The summed E-state index contributed by atoms with van der Waals surface area (Å²) in [6.45, 7) is 1.57. The van der Waals surface area contributed by atoms with Crippen molar-refractivity contribution >= 4 is 33.0 Å². The van der Waals surface area contributed by atoms with Crippen molar-refractivity contribution in [2.75, 3.05) is 25.5 Å². The van der Waals surface area contributed by atoms with Gasteiger partial charge in [0.2, 0.25) is 0 Å². The van der Waals surface area contributed by atoms with E-state index in [4.69, 9.17) is 4.74 Å². The molecule has 1 aliphatic rings. The van der Waals surface area contributed by atoms with Crippen LogP contribution in [0.2, 0.25) is 0 Å². The molecule has 5 heteroatoms. The number of carbonyl (C=O) groups excluding carboxylic acids is 1. The zero-order valence-corrected chi connectivity index (χ0v) is 15.6. The smallest absolute Gasteiger partial charge is 0.263 e. The highest BCUT2D eigenvalue weighted by Gasteiger charge is 2.24. The van der Waals surface area contributed by atoms with E-state index in [0.717, 1.165) is 47.6 Å². The maximum absolute atomic E-state index is 12.8. The average Bonchev–Trinajstić information content (AvgIpc) is 3.12. The molecule has 0 unspecified atom stereocenters. The van der Waals surface area contributed by atoms with Crippen LogP contribution in [-0.4, -0.2) is 37.0 Å². The number of anilines is 1. The summed E-state index contributed by atoms with van der Waals surface area (Å²) in [5.41, 5.74) is 1.07. The van der Waals surface area contributed by atoms with Crippen molar-refractivity contribution in [3.63, 3.8) is 0 Å². The molecule has 2 aromatic carbocycles. The summed E-state index contributed by atoms with van der Waals surface area (Å²) in [7, 11) is 1.68. The molecule has 4 rings (SSSR count). The fourth-order valence-electron chi connectivity index (χ4n) is 3.42. The predicted molar refractivity (Wildman–Crippen MR) is 107 cm³/mol. The molecule has 134 valence electrons. The Morgan fingerprint density at radius 2 is 1.92 bits per heavy atom. The van der Waals surface area contributed by atoms with Crippen LogP contribution in [0.4, 0.5) is 5.69 Å². The van der Waals surface area contributed by atoms with Crippen molar-refractivity contribution < 1.29 is 9.53 Å². The number of ether oxygens (including phenoxy) is 1. The number of likely N-dealkylation sites (tertiary alicyclic amines) is 1. The molecule has 1 N–H and O–H groups in total. The van der Waals surface area contributed by atoms with Gasteiger partial charge < -0.3 is 15.0 Å². The van der Waals surface area contributed by atoms with Gasteiger partial charge in [0.1, 0.15) is 5.75 Å². The minimum atomic E-state index is 0.158. The van der Waals surface area contributed by atoms with Crippen LogP contribution < -0.4 is 10.1 Å². The Balaban J connectivity index is 1.37. The van der Waals surface area contributed by atoms with Gasteiger partial charge in [-0.3, -0.25) is 4.79 Å². The van der Waals surface area contributed by atoms with Crippen LogP contribution in [0.3, 0.4) is 0 Å². The van der Waals surface area contributed by atoms with Crippen LogP contribution in [-0.2, 0) is 0 Å². The molecule has 26 heavy (non-hydrogen) atoms. The molecule has 1 fully saturated rings. The lowest BCUT2D eigenvalue weighted by Crippen LogP contribution is -2.42. The number of nitrogens with one attached hydrogen (secondary N) is 1. The van der Waals surface area contributed by atoms with Gasteiger partial charge in [0, 0.05) is 35.6 Å². The lowest BCUT2D eigenvalue weighted by atomic mass is 10.0. The average molecular weight is 366 g/mol. The van der Waals surface area contributed by atoms with Gasteiger partial charge in [0.15, 0.2) is 0 Å². The predicted octanol–water partition coefficient (Wildman–Crippen LogP) is 4.63. The summed E-state index contributed by atoms with van der Waals surface area (Å²) >= 11 is 1.59. The highest BCUT2D eigenvalue weighted by atomic mass is 32.1. The molecule has 0 aliphatic carbocycles. The van der Waals surface area contributed by atoms with Crippen LogP contribution in [0.25, 0.3) is 10.1 Å². The molecular weight excluding hydrogens is 344 g/mol. The molecule has 1 aliphatic heterocycles. The summed E-state index contributed by atoms with van der Waals surface area (Å²) < 4.78 is 6.45. The van der Waals surface area contributed by atoms with Gasteiger partial charge in [-0.2, -0.15) is 0 Å². The zero-order valence-electron chi connectivity index (χ0n) is 14.8. The lowest BCUT2D eigenvalue weighted by molar-refractivity contribution is 0.0723. The van der Waals surface area contributed by atoms with Gasteiger partial charge in [-0.25, -0.2) is 0 Å². The Hall–Kier alpha value is -2.53. The normalized spacial score (nSPS) is 15.2. The van der Waals surface area contributed by atoms with Crippen molar-refractivity contribution in [3.05, 3.63) is 59.5 Å². The van der Waals surface area contributed by atoms with E-state index in [1.54, 1.807) is 18.4 Å². The van der Waals surface area contributed by atoms with E-state index in [2.05, 4.69) is 23.5 Å². The summed E-state index contributed by atoms with van der Waals surface area (Å²) in [5.74, 6) is 1.01. The Morgan fingerprint density at radius 1 is 1.12 bits per heavy atom. The van der Waals surface area contributed by atoms with E-state index >= 15 is 0 Å². The lowest BCUT2D eigenvalue weighted by Gasteiger charge is -2.32. The molecule has 0 radical (unpaired) electrons. The van der Waals surface area contributed by atoms with Crippen LogP contribution in [0.1, 0.15) is 22.5 Å². The number of amides is 1. The van der Waals surface area contributed by atoms with Gasteiger partial charge in [-0.15, -0.1) is 11.3 Å². The first-order valence-electron chi connectivity index (χ1n) is 8.91. The minimum Gasteiger partial charge on any atom is -0.497 e. The molecule has 0 saturated carbocycles. The monoisotopic (exact) mass is 366 g/mol. The molecular formula is C21H22N2O2S. The maximum Gasteiger partial charge on any atom is 0.263 e. The van der Waals surface area contributed by atoms with Crippen LogP contribution in [0.15, 0.2) is 54.6 Å². The van der Waals surface area contributed by atoms with Crippen molar-refractivity contribution in [2.24, 2.45) is 0 Å². The van der Waals surface area contributed by atoms with E-state index < -0.39 is 0 Å². The topological polar surface area (TPSA) is 41.6 Å². The summed E-state index contributed by atoms with van der Waals surface area (Å²) in [4.78, 5) is 15.6. The van der Waals surface area contributed by atoms with Crippen molar-refractivity contribution in [1.82, 2.24) is 4.90 Å². The number of rotatable bonds is 4. The second-order valence-electron chi connectivity index (χ2n) is 6.59. The number of methoxy groups -OCH3 is 1. The first-order chi connectivity index (χ1) is 12.7. The largest absolute Gasteiger partial charge is 0.497 e. The molecule has 4 nitrogen and oxygen atoms in total. The minimum absolute atomic E-state index is 0.158. The van der Waals surface area contributed by atoms with Crippen LogP contribution in [0.5, 0.6) is 5.75 Å². The Kier molecular flexibility index (Phi) is 4.80. The molecule has 1 amide bonds. The van der Waals surface area contributed by atoms with Gasteiger partial charge in [-0.1, -0.05) is 24.3 Å². The van der Waals surface area contributed by atoms with Gasteiger partial charge >= 0.3 is 0 Å². The second-order valence-corrected chi connectivity index (χ2v) is 7.68. The fourth-order valence-corrected chi connectivity index (χ4v) is 4.45. The third-order valence-electron chi connectivity index (χ3n) is 4.86. The third-order valence-corrected chi connectivity index (χ3v) is 5.96. The number of nitrogens with zero attached hydrogens (tertiary/aromatic N) is 1. The van der Waals surface area contributed by atoms with Crippen LogP contribution >= 0.6 is 11.3 Å². The second kappa shape index (κ2) is 7.38. The van der Waals surface area contributed by atoms with Gasteiger partial charge in [0.25, 0.3) is 5.91 Å². The standard InChI is InChI=1S/C21H22N2O2S/c1-25-18-7-4-6-17(14-18)22-16-9-11-23(12-10-16)21(24)20-13-15-5-2-3-8-19(15)26-20/h2-8,13-14,16,22H,9-12H2,1H3. The number of carbonyl (C=O) groups is 1. The third kappa shape index (κ3) is 3.53. The number of fused-ring (bicyclic) bond motifs is 1. The molecule has 1 saturated heterocycles. The van der Waals surface area contributed by atoms with Crippen molar-refractivity contribution in [3.8, 4) is 5.75 Å². The van der Waals surface area contributed by atoms with Gasteiger partial charge in [0.05, 0.1) is 12.0 Å². The Morgan fingerprint density at radius 3 is 2.69 bits per heavy atom. The summed E-state index contributed by atoms with van der Waals surface area (Å²) in [5, 5.41) is 4.71. The van der Waals surface area contributed by atoms with E-state index in [-0.39, 0.29) is 5.91 Å². The Labute approximate surface area is 157 Å². The quantitative estimate of drug-likeness (QED) is 0.732. The number of hydrogen-bond acceptors (Lipinski definition) is 4. The van der Waals surface area contributed by atoms with Crippen molar-refractivity contribution in [2.45, 2.75) is 18.9 Å². The maximum atomic E-state index is 12.8. The SMILES string of the molecule is COc1cccc(NC2CCN(C(=O)c3cc4ccccc4s3)CC2)c1. The highest BCUT2D eigenvalue weighted by molar-refractivity contribution is 7.20. The Bertz CT molecular complexity index is 880. The van der Waals surface area contributed by atoms with E-state index in [1.807, 2.05) is 41.3 Å². The fraction of sp³-hybridized carbons (Fsp3) is 0.286. The van der Waals surface area contributed by atoms with E-state index in [0.29, 0.717) is 6.04 Å². The molecule has 0 bridgehead atoms. The molecule has 0 atom stereocenters. The first kappa shape index (κ1) is 16.9. The first-order valence-corrected chi connectivity index (χ1v) is 9.73. The number of piperidine rings is 1. The highest BCUT2D eigenvalue weighted by Crippen LogP contribution is 2.27. The number of hydrogen-bond donors (Lipinski definition) is 1. The molecule has 0 spiro atoms. The van der Waals surface area contributed by atoms with E-state index in [1.165, 1.54) is 4.70 Å². The number of thiophene rings is 1. The van der Waals surface area contributed by atoms with Crippen LogP contribution in [0, 0.1) is 0 Å². The molecule has 2 heterocycles. The van der Waals surface area contributed by atoms with Gasteiger partial charge in [-0.05, 0) is 42.5 Å². The number of benzene rings is 2. The molecule has 1 aromatic heterocycles. The zero-order chi connectivity index (χ0) is 17.9. The summed E-state index contributed by atoms with van der Waals surface area (Å²) in [6.07, 6.45) is 1.90. The molecule has 3 aromatic rings.